The van der Waals surface area contributed by atoms with Crippen LogP contribution in [0.4, 0.5) is 0 Å². The van der Waals surface area contributed by atoms with Crippen molar-refractivity contribution in [3.63, 3.8) is 0 Å². The third-order valence-electron chi connectivity index (χ3n) is 3.74. The molecule has 0 aromatic heterocycles. The number of hydrogen-bond acceptors (Lipinski definition) is 2. The predicted molar refractivity (Wildman–Crippen MR) is 81.1 cm³/mol. The molecule has 1 saturated carbocycles. The summed E-state index contributed by atoms with van der Waals surface area (Å²) >= 11 is 0. The molecule has 1 aliphatic rings. The lowest BCUT2D eigenvalue weighted by molar-refractivity contribution is 0.161. The molecule has 0 heterocycles. The van der Waals surface area contributed by atoms with Crippen LogP contribution < -0.4 is 5.32 Å². The molecule has 0 spiro atoms. The molecule has 0 amide bonds. The van der Waals surface area contributed by atoms with E-state index in [2.05, 4.69) is 44.8 Å². The fourth-order valence-electron chi connectivity index (χ4n) is 2.55. The van der Waals surface area contributed by atoms with Gasteiger partial charge in [0.05, 0.1) is 0 Å². The minimum absolute atomic E-state index is 0.242. The summed E-state index contributed by atoms with van der Waals surface area (Å²) in [4.78, 5) is 2.80. The van der Waals surface area contributed by atoms with Gasteiger partial charge < -0.3 is 5.32 Å². The summed E-state index contributed by atoms with van der Waals surface area (Å²) in [6, 6.07) is 1.64. The van der Waals surface area contributed by atoms with Gasteiger partial charge in [-0.15, -0.1) is 0 Å². The van der Waals surface area contributed by atoms with E-state index in [0.717, 1.165) is 18.6 Å². The Bertz CT molecular complexity index is 216. The van der Waals surface area contributed by atoms with E-state index in [-0.39, 0.29) is 5.54 Å². The van der Waals surface area contributed by atoms with Crippen LogP contribution in [0.1, 0.15) is 73.1 Å². The smallest absolute Gasteiger partial charge is 0.0223 e. The van der Waals surface area contributed by atoms with E-state index < -0.39 is 0 Å². The highest BCUT2D eigenvalue weighted by molar-refractivity contribution is 4.90. The third kappa shape index (κ3) is 6.19. The molecular weight excluding hydrogens is 220 g/mol. The molecule has 1 unspecified atom stereocenters. The lowest BCUT2D eigenvalue weighted by Crippen LogP contribution is -2.48. The molecule has 108 valence electrons. The second-order valence-electron chi connectivity index (χ2n) is 6.90. The topological polar surface area (TPSA) is 15.3 Å². The lowest BCUT2D eigenvalue weighted by Gasteiger charge is -2.34. The molecule has 0 radical (unpaired) electrons. The van der Waals surface area contributed by atoms with Crippen molar-refractivity contribution >= 4 is 0 Å². The van der Waals surface area contributed by atoms with Crippen LogP contribution in [0.15, 0.2) is 0 Å². The standard InChI is InChI=1S/C16H34N2/c1-6-8-12-18(14-10-11-14)15(9-7-2)13-17-16(3,4)5/h14-15,17H,6-13H2,1-5H3. The van der Waals surface area contributed by atoms with Gasteiger partial charge in [0.1, 0.15) is 0 Å². The first-order valence-electron chi connectivity index (χ1n) is 7.98. The molecule has 2 heteroatoms. The molecule has 0 aromatic rings. The maximum atomic E-state index is 3.70. The van der Waals surface area contributed by atoms with Crippen molar-refractivity contribution in [2.24, 2.45) is 0 Å². The highest BCUT2D eigenvalue weighted by Gasteiger charge is 2.33. The van der Waals surface area contributed by atoms with Crippen molar-refractivity contribution in [1.29, 1.82) is 0 Å². The van der Waals surface area contributed by atoms with E-state index >= 15 is 0 Å². The van der Waals surface area contributed by atoms with Gasteiger partial charge in [-0.2, -0.15) is 0 Å². The van der Waals surface area contributed by atoms with Crippen LogP contribution in [0.3, 0.4) is 0 Å². The van der Waals surface area contributed by atoms with Gasteiger partial charge in [-0.1, -0.05) is 26.7 Å². The molecule has 1 rings (SSSR count). The number of rotatable bonds is 9. The average molecular weight is 254 g/mol. The minimum Gasteiger partial charge on any atom is -0.311 e. The van der Waals surface area contributed by atoms with Crippen LogP contribution in [0.25, 0.3) is 0 Å². The van der Waals surface area contributed by atoms with Gasteiger partial charge in [0.25, 0.3) is 0 Å². The normalized spacial score (nSPS) is 18.3. The van der Waals surface area contributed by atoms with E-state index in [9.17, 15) is 0 Å². The summed E-state index contributed by atoms with van der Waals surface area (Å²) in [6.45, 7) is 13.9. The van der Waals surface area contributed by atoms with Crippen LogP contribution in [0.5, 0.6) is 0 Å². The molecule has 1 aliphatic carbocycles. The highest BCUT2D eigenvalue weighted by Crippen LogP contribution is 2.30. The van der Waals surface area contributed by atoms with E-state index in [4.69, 9.17) is 0 Å². The fourth-order valence-corrected chi connectivity index (χ4v) is 2.55. The Morgan fingerprint density at radius 3 is 2.28 bits per heavy atom. The Balaban J connectivity index is 2.49. The molecule has 18 heavy (non-hydrogen) atoms. The molecule has 2 nitrogen and oxygen atoms in total. The number of nitrogens with zero attached hydrogens (tertiary/aromatic N) is 1. The molecule has 1 atom stereocenters. The van der Waals surface area contributed by atoms with Gasteiger partial charge in [0, 0.05) is 24.2 Å². The van der Waals surface area contributed by atoms with Gasteiger partial charge in [0.15, 0.2) is 0 Å². The summed E-state index contributed by atoms with van der Waals surface area (Å²) in [7, 11) is 0. The predicted octanol–water partition coefficient (Wildman–Crippen LogP) is 3.81. The van der Waals surface area contributed by atoms with Crippen molar-refractivity contribution in [3.05, 3.63) is 0 Å². The third-order valence-corrected chi connectivity index (χ3v) is 3.74. The van der Waals surface area contributed by atoms with Gasteiger partial charge in [-0.05, 0) is 53.0 Å². The van der Waals surface area contributed by atoms with Crippen molar-refractivity contribution in [2.45, 2.75) is 90.8 Å². The van der Waals surface area contributed by atoms with Crippen LogP contribution in [-0.2, 0) is 0 Å². The first-order chi connectivity index (χ1) is 8.48. The fraction of sp³-hybridized carbons (Fsp3) is 1.00. The Hall–Kier alpha value is -0.0800. The number of hydrogen-bond donors (Lipinski definition) is 1. The second-order valence-corrected chi connectivity index (χ2v) is 6.90. The molecule has 0 saturated heterocycles. The first-order valence-corrected chi connectivity index (χ1v) is 7.98. The maximum Gasteiger partial charge on any atom is 0.0223 e. The molecule has 0 aliphatic heterocycles. The van der Waals surface area contributed by atoms with Gasteiger partial charge in [-0.3, -0.25) is 4.90 Å². The van der Waals surface area contributed by atoms with Crippen LogP contribution in [0, 0.1) is 0 Å². The number of nitrogens with one attached hydrogen (secondary N) is 1. The summed E-state index contributed by atoms with van der Waals surface area (Å²) < 4.78 is 0. The quantitative estimate of drug-likeness (QED) is 0.673. The van der Waals surface area contributed by atoms with Gasteiger partial charge in [0.2, 0.25) is 0 Å². The lowest BCUT2D eigenvalue weighted by atomic mass is 10.1. The van der Waals surface area contributed by atoms with E-state index in [0.29, 0.717) is 0 Å². The second kappa shape index (κ2) is 7.49. The van der Waals surface area contributed by atoms with Crippen molar-refractivity contribution in [2.75, 3.05) is 13.1 Å². The summed E-state index contributed by atoms with van der Waals surface area (Å²) in [5, 5.41) is 3.70. The first kappa shape index (κ1) is 16.0. The Kier molecular flexibility index (Phi) is 6.65. The van der Waals surface area contributed by atoms with Gasteiger partial charge >= 0.3 is 0 Å². The maximum absolute atomic E-state index is 3.70. The Morgan fingerprint density at radius 2 is 1.83 bits per heavy atom. The summed E-state index contributed by atoms with van der Waals surface area (Å²) in [5.41, 5.74) is 0.242. The molecule has 0 bridgehead atoms. The van der Waals surface area contributed by atoms with Crippen LogP contribution in [-0.4, -0.2) is 35.6 Å². The molecular formula is C16H34N2. The van der Waals surface area contributed by atoms with Crippen molar-refractivity contribution < 1.29 is 0 Å². The number of unbranched alkanes of at least 4 members (excludes halogenated alkanes) is 1. The van der Waals surface area contributed by atoms with Crippen molar-refractivity contribution in [1.82, 2.24) is 10.2 Å². The molecule has 1 N–H and O–H groups in total. The zero-order valence-electron chi connectivity index (χ0n) is 13.3. The highest BCUT2D eigenvalue weighted by atomic mass is 15.2. The average Bonchev–Trinajstić information content (AvgIpc) is 3.09. The molecule has 1 fully saturated rings. The Morgan fingerprint density at radius 1 is 1.17 bits per heavy atom. The largest absolute Gasteiger partial charge is 0.311 e. The molecule has 0 aromatic carbocycles. The SMILES string of the molecule is CCCCN(C1CC1)C(CCC)CNC(C)(C)C. The van der Waals surface area contributed by atoms with Crippen molar-refractivity contribution in [3.8, 4) is 0 Å². The van der Waals surface area contributed by atoms with E-state index in [1.807, 2.05) is 0 Å². The minimum atomic E-state index is 0.242. The Labute approximate surface area is 115 Å². The van der Waals surface area contributed by atoms with Crippen LogP contribution in [0.2, 0.25) is 0 Å². The van der Waals surface area contributed by atoms with E-state index in [1.165, 1.54) is 45.1 Å². The zero-order chi connectivity index (χ0) is 13.6. The zero-order valence-corrected chi connectivity index (χ0v) is 13.3. The van der Waals surface area contributed by atoms with E-state index in [1.54, 1.807) is 0 Å². The summed E-state index contributed by atoms with van der Waals surface area (Å²) in [6.07, 6.45) is 8.16. The monoisotopic (exact) mass is 254 g/mol. The summed E-state index contributed by atoms with van der Waals surface area (Å²) in [5.74, 6) is 0. The van der Waals surface area contributed by atoms with Gasteiger partial charge in [-0.25, -0.2) is 0 Å². The van der Waals surface area contributed by atoms with Crippen LogP contribution >= 0.6 is 0 Å².